The Kier molecular flexibility index (Phi) is 6.68. The van der Waals surface area contributed by atoms with Crippen molar-refractivity contribution in [1.82, 2.24) is 5.32 Å². The van der Waals surface area contributed by atoms with E-state index < -0.39 is 33.5 Å². The summed E-state index contributed by atoms with van der Waals surface area (Å²) in [4.78, 5) is 24.2. The van der Waals surface area contributed by atoms with Crippen molar-refractivity contribution in [2.24, 2.45) is 0 Å². The standard InChI is InChI=1S/C19H21FN2O4S/c1-13-7-9-15(10-8-13)27(25,26)12-11-18(23)21-14(2)19(24)22-17-6-4-3-5-16(17)20/h3-10,14H,11-12H2,1-2H3,(H,21,23)(H,22,24). The van der Waals surface area contributed by atoms with Gasteiger partial charge in [0.25, 0.3) is 0 Å². The number of nitrogens with one attached hydrogen (secondary N) is 2. The normalized spacial score (nSPS) is 12.3. The van der Waals surface area contributed by atoms with Crippen LogP contribution in [-0.4, -0.2) is 32.0 Å². The molecular formula is C19H21FN2O4S. The fourth-order valence-electron chi connectivity index (χ4n) is 2.27. The van der Waals surface area contributed by atoms with E-state index in [1.54, 1.807) is 18.2 Å². The molecular weight excluding hydrogens is 371 g/mol. The van der Waals surface area contributed by atoms with E-state index in [4.69, 9.17) is 0 Å². The van der Waals surface area contributed by atoms with Gasteiger partial charge >= 0.3 is 0 Å². The van der Waals surface area contributed by atoms with E-state index in [0.717, 1.165) is 5.56 Å². The van der Waals surface area contributed by atoms with E-state index >= 15 is 0 Å². The minimum atomic E-state index is -3.59. The van der Waals surface area contributed by atoms with Crippen LogP contribution < -0.4 is 10.6 Å². The van der Waals surface area contributed by atoms with Gasteiger partial charge in [-0.25, -0.2) is 12.8 Å². The Morgan fingerprint density at radius 2 is 1.70 bits per heavy atom. The number of hydrogen-bond acceptors (Lipinski definition) is 4. The van der Waals surface area contributed by atoms with Crippen LogP contribution in [0.4, 0.5) is 10.1 Å². The summed E-state index contributed by atoms with van der Waals surface area (Å²) < 4.78 is 38.0. The van der Waals surface area contributed by atoms with Gasteiger partial charge in [-0.1, -0.05) is 29.8 Å². The van der Waals surface area contributed by atoms with Crippen LogP contribution in [0.1, 0.15) is 18.9 Å². The number of halogens is 1. The molecule has 0 aliphatic carbocycles. The minimum absolute atomic E-state index is 0.00514. The zero-order valence-corrected chi connectivity index (χ0v) is 15.8. The van der Waals surface area contributed by atoms with Gasteiger partial charge in [-0.3, -0.25) is 9.59 Å². The molecule has 2 N–H and O–H groups in total. The molecule has 0 aliphatic rings. The van der Waals surface area contributed by atoms with Crippen molar-refractivity contribution in [2.45, 2.75) is 31.2 Å². The zero-order chi connectivity index (χ0) is 20.0. The lowest BCUT2D eigenvalue weighted by atomic mass is 10.2. The molecule has 0 saturated carbocycles. The average molecular weight is 392 g/mol. The van der Waals surface area contributed by atoms with Crippen molar-refractivity contribution in [2.75, 3.05) is 11.1 Å². The van der Waals surface area contributed by atoms with E-state index in [1.165, 1.54) is 37.3 Å². The molecule has 2 amide bonds. The SMILES string of the molecule is Cc1ccc(S(=O)(=O)CCC(=O)NC(C)C(=O)Nc2ccccc2F)cc1. The lowest BCUT2D eigenvalue weighted by molar-refractivity contribution is -0.125. The monoisotopic (exact) mass is 392 g/mol. The molecule has 8 heteroatoms. The number of para-hydroxylation sites is 1. The molecule has 0 saturated heterocycles. The Morgan fingerprint density at radius 1 is 1.07 bits per heavy atom. The number of benzene rings is 2. The summed E-state index contributed by atoms with van der Waals surface area (Å²) in [6.45, 7) is 3.28. The zero-order valence-electron chi connectivity index (χ0n) is 15.0. The van der Waals surface area contributed by atoms with E-state index in [9.17, 15) is 22.4 Å². The van der Waals surface area contributed by atoms with Crippen LogP contribution in [-0.2, 0) is 19.4 Å². The van der Waals surface area contributed by atoms with Gasteiger partial charge in [0.05, 0.1) is 16.3 Å². The Hall–Kier alpha value is -2.74. The van der Waals surface area contributed by atoms with Gasteiger partial charge < -0.3 is 10.6 Å². The summed E-state index contributed by atoms with van der Waals surface area (Å²) in [6, 6.07) is 11.1. The highest BCUT2D eigenvalue weighted by Crippen LogP contribution is 2.14. The van der Waals surface area contributed by atoms with Crippen LogP contribution in [0, 0.1) is 12.7 Å². The van der Waals surface area contributed by atoms with Gasteiger partial charge in [0, 0.05) is 6.42 Å². The molecule has 0 spiro atoms. The van der Waals surface area contributed by atoms with Gasteiger partial charge in [-0.15, -0.1) is 0 Å². The molecule has 2 rings (SSSR count). The molecule has 6 nitrogen and oxygen atoms in total. The number of aryl methyl sites for hydroxylation is 1. The van der Waals surface area contributed by atoms with Crippen molar-refractivity contribution in [3.05, 3.63) is 59.9 Å². The van der Waals surface area contributed by atoms with Crippen molar-refractivity contribution < 1.29 is 22.4 Å². The summed E-state index contributed by atoms with van der Waals surface area (Å²) in [5.41, 5.74) is 0.937. The lowest BCUT2D eigenvalue weighted by Gasteiger charge is -2.14. The van der Waals surface area contributed by atoms with Crippen LogP contribution >= 0.6 is 0 Å². The molecule has 27 heavy (non-hydrogen) atoms. The molecule has 2 aromatic rings. The van der Waals surface area contributed by atoms with Gasteiger partial charge in [-0.05, 0) is 38.1 Å². The maximum atomic E-state index is 13.5. The number of rotatable bonds is 7. The fourth-order valence-corrected chi connectivity index (χ4v) is 3.51. The lowest BCUT2D eigenvalue weighted by Crippen LogP contribution is -2.42. The number of amides is 2. The van der Waals surface area contributed by atoms with Crippen molar-refractivity contribution in [1.29, 1.82) is 0 Å². The molecule has 144 valence electrons. The Balaban J connectivity index is 1.88. The summed E-state index contributed by atoms with van der Waals surface area (Å²) in [6.07, 6.45) is -0.284. The Labute approximate surface area is 157 Å². The molecule has 0 aromatic heterocycles. The maximum Gasteiger partial charge on any atom is 0.246 e. The quantitative estimate of drug-likeness (QED) is 0.757. The van der Waals surface area contributed by atoms with Crippen LogP contribution in [0.3, 0.4) is 0 Å². The molecule has 0 heterocycles. The smallest absolute Gasteiger partial charge is 0.246 e. The topological polar surface area (TPSA) is 92.3 Å². The second kappa shape index (κ2) is 8.77. The summed E-state index contributed by atoms with van der Waals surface area (Å²) in [5, 5.41) is 4.79. The number of anilines is 1. The predicted molar refractivity (Wildman–Crippen MR) is 100 cm³/mol. The van der Waals surface area contributed by atoms with Crippen LogP contribution in [0.15, 0.2) is 53.4 Å². The predicted octanol–water partition coefficient (Wildman–Crippen LogP) is 2.44. The maximum absolute atomic E-state index is 13.5. The first-order chi connectivity index (χ1) is 12.7. The van der Waals surface area contributed by atoms with Crippen molar-refractivity contribution in [3.63, 3.8) is 0 Å². The van der Waals surface area contributed by atoms with Crippen molar-refractivity contribution >= 4 is 27.3 Å². The van der Waals surface area contributed by atoms with E-state index in [0.29, 0.717) is 0 Å². The highest BCUT2D eigenvalue weighted by Gasteiger charge is 2.20. The molecule has 0 fully saturated rings. The Morgan fingerprint density at radius 3 is 2.33 bits per heavy atom. The third kappa shape index (κ3) is 5.89. The number of sulfone groups is 1. The van der Waals surface area contributed by atoms with Gasteiger partial charge in [-0.2, -0.15) is 0 Å². The third-order valence-electron chi connectivity index (χ3n) is 3.88. The second-order valence-electron chi connectivity index (χ2n) is 6.14. The van der Waals surface area contributed by atoms with Crippen LogP contribution in [0.5, 0.6) is 0 Å². The van der Waals surface area contributed by atoms with Crippen LogP contribution in [0.25, 0.3) is 0 Å². The first-order valence-corrected chi connectivity index (χ1v) is 9.98. The average Bonchev–Trinajstić information content (AvgIpc) is 2.62. The van der Waals surface area contributed by atoms with Gasteiger partial charge in [0.2, 0.25) is 11.8 Å². The molecule has 1 unspecified atom stereocenters. The summed E-state index contributed by atoms with van der Waals surface area (Å²) in [7, 11) is -3.59. The third-order valence-corrected chi connectivity index (χ3v) is 5.61. The van der Waals surface area contributed by atoms with E-state index in [1.807, 2.05) is 6.92 Å². The number of hydrogen-bond donors (Lipinski definition) is 2. The van der Waals surface area contributed by atoms with Gasteiger partial charge in [0.15, 0.2) is 9.84 Å². The van der Waals surface area contributed by atoms with E-state index in [-0.39, 0.29) is 22.8 Å². The number of carbonyl (C=O) groups is 2. The van der Waals surface area contributed by atoms with E-state index in [2.05, 4.69) is 10.6 Å². The van der Waals surface area contributed by atoms with Crippen LogP contribution in [0.2, 0.25) is 0 Å². The summed E-state index contributed by atoms with van der Waals surface area (Å²) in [5.74, 6) is -2.14. The first kappa shape index (κ1) is 20.6. The molecule has 0 radical (unpaired) electrons. The molecule has 0 aliphatic heterocycles. The second-order valence-corrected chi connectivity index (χ2v) is 8.25. The highest BCUT2D eigenvalue weighted by molar-refractivity contribution is 7.91. The fraction of sp³-hybridized carbons (Fsp3) is 0.263. The van der Waals surface area contributed by atoms with Crippen molar-refractivity contribution in [3.8, 4) is 0 Å². The molecule has 0 bridgehead atoms. The molecule has 1 atom stereocenters. The largest absolute Gasteiger partial charge is 0.345 e. The highest BCUT2D eigenvalue weighted by atomic mass is 32.2. The summed E-state index contributed by atoms with van der Waals surface area (Å²) >= 11 is 0. The van der Waals surface area contributed by atoms with Gasteiger partial charge in [0.1, 0.15) is 11.9 Å². The number of carbonyl (C=O) groups excluding carboxylic acids is 2. The molecule has 2 aromatic carbocycles. The minimum Gasteiger partial charge on any atom is -0.345 e. The Bertz CT molecular complexity index is 927. The first-order valence-electron chi connectivity index (χ1n) is 8.33.